The summed E-state index contributed by atoms with van der Waals surface area (Å²) < 4.78 is 5.08. The summed E-state index contributed by atoms with van der Waals surface area (Å²) in [6.45, 7) is 3.44. The molecule has 2 amide bonds. The van der Waals surface area contributed by atoms with Crippen LogP contribution in [0.2, 0.25) is 5.02 Å². The summed E-state index contributed by atoms with van der Waals surface area (Å²) in [5.74, 6) is 0.0704. The van der Waals surface area contributed by atoms with E-state index in [0.717, 1.165) is 16.9 Å². The molecule has 0 aromatic heterocycles. The summed E-state index contributed by atoms with van der Waals surface area (Å²) in [6, 6.07) is 11.9. The van der Waals surface area contributed by atoms with Crippen LogP contribution in [-0.4, -0.2) is 25.0 Å². The number of halogens is 1. The smallest absolute Gasteiger partial charge is 0.246 e. The minimum Gasteiger partial charge on any atom is -0.497 e. The first kappa shape index (κ1) is 19.5. The van der Waals surface area contributed by atoms with E-state index in [1.165, 1.54) is 6.08 Å². The molecular formula is C20H21ClN2O3. The Morgan fingerprint density at radius 3 is 2.50 bits per heavy atom. The molecule has 1 atom stereocenters. The minimum absolute atomic E-state index is 0.318. The molecule has 6 heteroatoms. The highest BCUT2D eigenvalue weighted by atomic mass is 35.5. The minimum atomic E-state index is -0.693. The second-order valence-electron chi connectivity index (χ2n) is 5.74. The molecule has 26 heavy (non-hydrogen) atoms. The van der Waals surface area contributed by atoms with Crippen molar-refractivity contribution in [1.82, 2.24) is 5.32 Å². The summed E-state index contributed by atoms with van der Waals surface area (Å²) >= 11 is 6.04. The number of ether oxygens (including phenoxy) is 1. The van der Waals surface area contributed by atoms with Crippen molar-refractivity contribution in [2.75, 3.05) is 12.4 Å². The largest absolute Gasteiger partial charge is 0.497 e. The number of rotatable bonds is 6. The lowest BCUT2D eigenvalue weighted by atomic mass is 10.2. The summed E-state index contributed by atoms with van der Waals surface area (Å²) in [5.41, 5.74) is 2.26. The number of benzene rings is 2. The van der Waals surface area contributed by atoms with E-state index in [-0.39, 0.29) is 11.8 Å². The normalized spacial score (nSPS) is 11.8. The van der Waals surface area contributed by atoms with E-state index in [0.29, 0.717) is 10.7 Å². The van der Waals surface area contributed by atoms with Crippen molar-refractivity contribution >= 4 is 35.2 Å². The average Bonchev–Trinajstić information content (AvgIpc) is 2.64. The topological polar surface area (TPSA) is 67.4 Å². The van der Waals surface area contributed by atoms with Crippen molar-refractivity contribution < 1.29 is 14.3 Å². The molecule has 0 fully saturated rings. The average molecular weight is 373 g/mol. The number of amides is 2. The van der Waals surface area contributed by atoms with E-state index in [1.807, 2.05) is 19.1 Å². The monoisotopic (exact) mass is 372 g/mol. The summed E-state index contributed by atoms with van der Waals surface area (Å²) in [5, 5.41) is 5.97. The Morgan fingerprint density at radius 1 is 1.15 bits per heavy atom. The zero-order valence-corrected chi connectivity index (χ0v) is 15.6. The maximum Gasteiger partial charge on any atom is 0.246 e. The van der Waals surface area contributed by atoms with Crippen molar-refractivity contribution in [3.8, 4) is 5.75 Å². The van der Waals surface area contributed by atoms with Gasteiger partial charge in [-0.05, 0) is 55.3 Å². The molecule has 2 rings (SSSR count). The van der Waals surface area contributed by atoms with Gasteiger partial charge in [0, 0.05) is 16.8 Å². The van der Waals surface area contributed by atoms with Crippen molar-refractivity contribution in [3.05, 3.63) is 64.7 Å². The highest BCUT2D eigenvalue weighted by molar-refractivity contribution is 6.31. The molecular weight excluding hydrogens is 352 g/mol. The predicted octanol–water partition coefficient (Wildman–Crippen LogP) is 3.81. The van der Waals surface area contributed by atoms with Crippen molar-refractivity contribution in [3.63, 3.8) is 0 Å². The number of nitrogens with one attached hydrogen (secondary N) is 2. The van der Waals surface area contributed by atoms with E-state index in [2.05, 4.69) is 10.6 Å². The van der Waals surface area contributed by atoms with Crippen molar-refractivity contribution in [2.45, 2.75) is 19.9 Å². The molecule has 5 nitrogen and oxygen atoms in total. The molecule has 2 aromatic carbocycles. The standard InChI is InChI=1S/C20H21ClN2O3/c1-13-17(21)5-4-6-18(13)23-20(25)14(2)22-19(24)12-9-15-7-10-16(26-3)11-8-15/h4-12,14H,1-3H3,(H,22,24)(H,23,25)/b12-9+. The lowest BCUT2D eigenvalue weighted by Gasteiger charge is -2.15. The van der Waals surface area contributed by atoms with Crippen LogP contribution >= 0.6 is 11.6 Å². The van der Waals surface area contributed by atoms with E-state index in [1.54, 1.807) is 50.4 Å². The van der Waals surface area contributed by atoms with Crippen LogP contribution in [0.25, 0.3) is 6.08 Å². The lowest BCUT2D eigenvalue weighted by Crippen LogP contribution is -2.41. The van der Waals surface area contributed by atoms with Gasteiger partial charge in [-0.25, -0.2) is 0 Å². The number of carbonyl (C=O) groups excluding carboxylic acids is 2. The summed E-state index contributed by atoms with van der Waals surface area (Å²) in [7, 11) is 1.59. The van der Waals surface area contributed by atoms with Gasteiger partial charge in [-0.15, -0.1) is 0 Å². The van der Waals surface area contributed by atoms with Gasteiger partial charge in [0.1, 0.15) is 11.8 Å². The predicted molar refractivity (Wildman–Crippen MR) is 104 cm³/mol. The van der Waals surface area contributed by atoms with Crippen LogP contribution in [0.15, 0.2) is 48.5 Å². The first-order valence-corrected chi connectivity index (χ1v) is 8.47. The van der Waals surface area contributed by atoms with E-state index in [9.17, 15) is 9.59 Å². The van der Waals surface area contributed by atoms with E-state index >= 15 is 0 Å². The van der Waals surface area contributed by atoms with Crippen LogP contribution in [0, 0.1) is 6.92 Å². The molecule has 0 radical (unpaired) electrons. The third-order valence-electron chi connectivity index (χ3n) is 3.82. The van der Waals surface area contributed by atoms with Crippen LogP contribution in [-0.2, 0) is 9.59 Å². The molecule has 2 aromatic rings. The molecule has 0 saturated carbocycles. The van der Waals surface area contributed by atoms with Crippen LogP contribution in [0.1, 0.15) is 18.1 Å². The van der Waals surface area contributed by atoms with Gasteiger partial charge in [-0.1, -0.05) is 29.8 Å². The SMILES string of the molecule is COc1ccc(/C=C/C(=O)NC(C)C(=O)Nc2cccc(Cl)c2C)cc1. The maximum absolute atomic E-state index is 12.2. The van der Waals surface area contributed by atoms with Crippen LogP contribution in [0.3, 0.4) is 0 Å². The van der Waals surface area contributed by atoms with Crippen LogP contribution in [0.4, 0.5) is 5.69 Å². The fourth-order valence-corrected chi connectivity index (χ4v) is 2.37. The number of carbonyl (C=O) groups is 2. The highest BCUT2D eigenvalue weighted by Crippen LogP contribution is 2.23. The fraction of sp³-hybridized carbons (Fsp3) is 0.200. The second-order valence-corrected chi connectivity index (χ2v) is 6.15. The maximum atomic E-state index is 12.2. The quantitative estimate of drug-likeness (QED) is 0.757. The Morgan fingerprint density at radius 2 is 1.85 bits per heavy atom. The number of methoxy groups -OCH3 is 1. The molecule has 0 saturated heterocycles. The van der Waals surface area contributed by atoms with Crippen molar-refractivity contribution in [1.29, 1.82) is 0 Å². The van der Waals surface area contributed by atoms with Gasteiger partial charge in [-0.2, -0.15) is 0 Å². The Hall–Kier alpha value is -2.79. The van der Waals surface area contributed by atoms with Gasteiger partial charge in [0.2, 0.25) is 11.8 Å². The van der Waals surface area contributed by atoms with Gasteiger partial charge < -0.3 is 15.4 Å². The molecule has 136 valence electrons. The first-order chi connectivity index (χ1) is 12.4. The molecule has 0 bridgehead atoms. The van der Waals surface area contributed by atoms with Gasteiger partial charge in [0.05, 0.1) is 7.11 Å². The molecule has 0 spiro atoms. The second kappa shape index (κ2) is 9.06. The number of anilines is 1. The molecule has 0 heterocycles. The zero-order valence-electron chi connectivity index (χ0n) is 14.9. The Kier molecular flexibility index (Phi) is 6.81. The van der Waals surface area contributed by atoms with Crippen LogP contribution in [0.5, 0.6) is 5.75 Å². The van der Waals surface area contributed by atoms with E-state index < -0.39 is 6.04 Å². The third kappa shape index (κ3) is 5.36. The molecule has 1 unspecified atom stereocenters. The molecule has 2 N–H and O–H groups in total. The first-order valence-electron chi connectivity index (χ1n) is 8.09. The third-order valence-corrected chi connectivity index (χ3v) is 4.23. The highest BCUT2D eigenvalue weighted by Gasteiger charge is 2.15. The fourth-order valence-electron chi connectivity index (χ4n) is 2.20. The summed E-state index contributed by atoms with van der Waals surface area (Å²) in [4.78, 5) is 24.3. The lowest BCUT2D eigenvalue weighted by molar-refractivity contribution is -0.123. The molecule has 0 aliphatic carbocycles. The van der Waals surface area contributed by atoms with Crippen molar-refractivity contribution in [2.24, 2.45) is 0 Å². The zero-order chi connectivity index (χ0) is 19.1. The van der Waals surface area contributed by atoms with E-state index in [4.69, 9.17) is 16.3 Å². The number of hydrogen-bond donors (Lipinski definition) is 2. The van der Waals surface area contributed by atoms with Gasteiger partial charge in [0.15, 0.2) is 0 Å². The Balaban J connectivity index is 1.91. The molecule has 0 aliphatic rings. The van der Waals surface area contributed by atoms with Gasteiger partial charge in [-0.3, -0.25) is 9.59 Å². The molecule has 0 aliphatic heterocycles. The van der Waals surface area contributed by atoms with Gasteiger partial charge in [0.25, 0.3) is 0 Å². The van der Waals surface area contributed by atoms with Crippen LogP contribution < -0.4 is 15.4 Å². The Labute approximate surface area is 158 Å². The Bertz CT molecular complexity index is 816. The summed E-state index contributed by atoms with van der Waals surface area (Å²) in [6.07, 6.45) is 3.05. The van der Waals surface area contributed by atoms with Gasteiger partial charge >= 0.3 is 0 Å². The number of hydrogen-bond acceptors (Lipinski definition) is 3.